The highest BCUT2D eigenvalue weighted by Crippen LogP contribution is 2.34. The number of benzene rings is 2. The summed E-state index contributed by atoms with van der Waals surface area (Å²) >= 11 is 4.74. The molecule has 10 heteroatoms. The summed E-state index contributed by atoms with van der Waals surface area (Å²) in [4.78, 5) is 32.0. The van der Waals surface area contributed by atoms with Crippen molar-refractivity contribution in [3.8, 4) is 17.2 Å². The van der Waals surface area contributed by atoms with E-state index in [0.29, 0.717) is 50.0 Å². The lowest BCUT2D eigenvalue weighted by Crippen LogP contribution is -2.39. The highest BCUT2D eigenvalue weighted by molar-refractivity contribution is 9.10. The van der Waals surface area contributed by atoms with Crippen molar-refractivity contribution in [1.29, 1.82) is 0 Å². The van der Waals surface area contributed by atoms with Crippen molar-refractivity contribution in [1.82, 2.24) is 4.57 Å². The molecular formula is C27H27BrN2O6S. The first kappa shape index (κ1) is 26.7. The molecule has 1 aliphatic heterocycles. The monoisotopic (exact) mass is 586 g/mol. The minimum absolute atomic E-state index is 0.210. The predicted molar refractivity (Wildman–Crippen MR) is 145 cm³/mol. The van der Waals surface area contributed by atoms with E-state index in [1.165, 1.54) is 11.3 Å². The van der Waals surface area contributed by atoms with Gasteiger partial charge in [-0.2, -0.15) is 0 Å². The van der Waals surface area contributed by atoms with Crippen LogP contribution < -0.4 is 29.1 Å². The lowest BCUT2D eigenvalue weighted by molar-refractivity contribution is -0.139. The standard InChI is InChI=1S/C27H27BrN2O6S/c1-6-35-18-10-8-16(9-11-18)24-23(26(32)36-7-2)15(3)29-27-30(24)25(31)22(37-27)13-17-12-19(28)21(34-5)14-20(17)33-4/h8-14,24H,6-7H2,1-5H3/b22-13-/t24-/m0/s1. The molecule has 0 aliphatic carbocycles. The van der Waals surface area contributed by atoms with Crippen LogP contribution in [0.5, 0.6) is 17.2 Å². The number of hydrogen-bond donors (Lipinski definition) is 0. The molecule has 0 radical (unpaired) electrons. The molecule has 0 fully saturated rings. The number of rotatable bonds is 8. The highest BCUT2D eigenvalue weighted by atomic mass is 79.9. The van der Waals surface area contributed by atoms with Crippen LogP contribution in [0, 0.1) is 0 Å². The molecule has 0 bridgehead atoms. The molecular weight excluding hydrogens is 560 g/mol. The summed E-state index contributed by atoms with van der Waals surface area (Å²) in [6, 6.07) is 10.2. The molecule has 2 heterocycles. The molecule has 1 aromatic heterocycles. The van der Waals surface area contributed by atoms with Gasteiger partial charge in [0.1, 0.15) is 17.2 Å². The smallest absolute Gasteiger partial charge is 0.338 e. The molecule has 0 N–H and O–H groups in total. The third kappa shape index (κ3) is 5.21. The van der Waals surface area contributed by atoms with Crippen molar-refractivity contribution in [2.24, 2.45) is 4.99 Å². The second-order valence-corrected chi connectivity index (χ2v) is 9.90. The zero-order chi connectivity index (χ0) is 26.7. The Bertz CT molecular complexity index is 1540. The van der Waals surface area contributed by atoms with Gasteiger partial charge >= 0.3 is 5.97 Å². The van der Waals surface area contributed by atoms with Gasteiger partial charge in [-0.15, -0.1) is 0 Å². The summed E-state index contributed by atoms with van der Waals surface area (Å²) < 4.78 is 24.5. The fraction of sp³-hybridized carbons (Fsp3) is 0.296. The van der Waals surface area contributed by atoms with E-state index in [2.05, 4.69) is 20.9 Å². The van der Waals surface area contributed by atoms with Crippen LogP contribution in [-0.4, -0.2) is 38.0 Å². The van der Waals surface area contributed by atoms with E-state index in [4.69, 9.17) is 18.9 Å². The largest absolute Gasteiger partial charge is 0.496 e. The zero-order valence-electron chi connectivity index (χ0n) is 21.2. The number of carbonyl (C=O) groups is 1. The summed E-state index contributed by atoms with van der Waals surface area (Å²) in [7, 11) is 3.13. The maximum absolute atomic E-state index is 13.8. The summed E-state index contributed by atoms with van der Waals surface area (Å²) in [6.07, 6.45) is 1.76. The van der Waals surface area contributed by atoms with Gasteiger partial charge in [-0.3, -0.25) is 9.36 Å². The van der Waals surface area contributed by atoms with E-state index in [-0.39, 0.29) is 12.2 Å². The number of esters is 1. The van der Waals surface area contributed by atoms with Crippen LogP contribution in [0.15, 0.2) is 61.9 Å². The van der Waals surface area contributed by atoms with Crippen molar-refractivity contribution in [3.05, 3.63) is 83.0 Å². The van der Waals surface area contributed by atoms with E-state index in [0.717, 1.165) is 10.0 Å². The van der Waals surface area contributed by atoms with Crippen molar-refractivity contribution in [3.63, 3.8) is 0 Å². The Balaban J connectivity index is 1.93. The summed E-state index contributed by atoms with van der Waals surface area (Å²) in [5, 5.41) is 0. The highest BCUT2D eigenvalue weighted by Gasteiger charge is 2.33. The molecule has 0 saturated carbocycles. The fourth-order valence-corrected chi connectivity index (χ4v) is 5.72. The van der Waals surface area contributed by atoms with E-state index >= 15 is 0 Å². The number of methoxy groups -OCH3 is 2. The van der Waals surface area contributed by atoms with E-state index in [1.807, 2.05) is 37.3 Å². The first-order valence-corrected chi connectivity index (χ1v) is 13.3. The molecule has 1 atom stereocenters. The Kier molecular flexibility index (Phi) is 8.19. The third-order valence-electron chi connectivity index (χ3n) is 5.81. The van der Waals surface area contributed by atoms with Crippen LogP contribution in [0.1, 0.15) is 37.9 Å². The number of carbonyl (C=O) groups excluding carboxylic acids is 1. The van der Waals surface area contributed by atoms with Crippen LogP contribution >= 0.6 is 27.3 Å². The van der Waals surface area contributed by atoms with E-state index in [1.54, 1.807) is 44.8 Å². The maximum Gasteiger partial charge on any atom is 0.338 e. The topological polar surface area (TPSA) is 88.4 Å². The molecule has 0 amide bonds. The number of halogens is 1. The van der Waals surface area contributed by atoms with Crippen molar-refractivity contribution >= 4 is 39.3 Å². The van der Waals surface area contributed by atoms with Gasteiger partial charge in [-0.05, 0) is 66.5 Å². The maximum atomic E-state index is 13.8. The van der Waals surface area contributed by atoms with Gasteiger partial charge in [0.05, 0.1) is 53.8 Å². The Morgan fingerprint density at radius 3 is 2.43 bits per heavy atom. The first-order valence-electron chi connectivity index (χ1n) is 11.7. The van der Waals surface area contributed by atoms with Crippen LogP contribution in [-0.2, 0) is 9.53 Å². The molecule has 2 aromatic carbocycles. The van der Waals surface area contributed by atoms with Gasteiger partial charge in [0.25, 0.3) is 5.56 Å². The summed E-state index contributed by atoms with van der Waals surface area (Å²) in [5.74, 6) is 1.37. The molecule has 0 unspecified atom stereocenters. The number of fused-ring (bicyclic) bond motifs is 1. The quantitative estimate of drug-likeness (QED) is 0.371. The third-order valence-corrected chi connectivity index (χ3v) is 7.42. The van der Waals surface area contributed by atoms with Crippen LogP contribution in [0.2, 0.25) is 0 Å². The lowest BCUT2D eigenvalue weighted by atomic mass is 9.96. The number of thiazole rings is 1. The lowest BCUT2D eigenvalue weighted by Gasteiger charge is -2.24. The number of allylic oxidation sites excluding steroid dienone is 1. The van der Waals surface area contributed by atoms with Crippen molar-refractivity contribution < 1.29 is 23.7 Å². The van der Waals surface area contributed by atoms with Crippen molar-refractivity contribution in [2.75, 3.05) is 27.4 Å². The molecule has 194 valence electrons. The predicted octanol–water partition coefficient (Wildman–Crippen LogP) is 3.98. The van der Waals surface area contributed by atoms with Crippen molar-refractivity contribution in [2.45, 2.75) is 26.8 Å². The molecule has 0 saturated heterocycles. The second kappa shape index (κ2) is 11.4. The number of nitrogens with zero attached hydrogens (tertiary/aromatic N) is 2. The van der Waals surface area contributed by atoms with Crippen LogP contribution in [0.3, 0.4) is 0 Å². The average molecular weight is 587 g/mol. The normalized spacial score (nSPS) is 15.2. The van der Waals surface area contributed by atoms with Crippen LogP contribution in [0.4, 0.5) is 0 Å². The second-order valence-electron chi connectivity index (χ2n) is 8.03. The molecule has 37 heavy (non-hydrogen) atoms. The number of hydrogen-bond acceptors (Lipinski definition) is 8. The zero-order valence-corrected chi connectivity index (χ0v) is 23.6. The summed E-state index contributed by atoms with van der Waals surface area (Å²) in [6.45, 7) is 6.16. The minimum atomic E-state index is -0.697. The van der Waals surface area contributed by atoms with E-state index in [9.17, 15) is 9.59 Å². The molecule has 0 spiro atoms. The van der Waals surface area contributed by atoms with Gasteiger partial charge in [-0.25, -0.2) is 9.79 Å². The van der Waals surface area contributed by atoms with Crippen LogP contribution in [0.25, 0.3) is 6.08 Å². The fourth-order valence-electron chi connectivity index (χ4n) is 4.16. The SMILES string of the molecule is CCOC(=O)C1=C(C)N=c2s/c(=C\c3cc(Br)c(OC)cc3OC)c(=O)n2[C@H]1c1ccc(OCC)cc1. The Labute approximate surface area is 226 Å². The number of aromatic nitrogens is 1. The van der Waals surface area contributed by atoms with E-state index < -0.39 is 12.0 Å². The Morgan fingerprint density at radius 2 is 1.81 bits per heavy atom. The molecule has 3 aromatic rings. The van der Waals surface area contributed by atoms with Gasteiger partial charge < -0.3 is 18.9 Å². The average Bonchev–Trinajstić information content (AvgIpc) is 3.18. The molecule has 1 aliphatic rings. The van der Waals surface area contributed by atoms with Gasteiger partial charge in [-0.1, -0.05) is 23.5 Å². The molecule has 8 nitrogen and oxygen atoms in total. The molecule has 4 rings (SSSR count). The van der Waals surface area contributed by atoms with Gasteiger partial charge in [0, 0.05) is 11.6 Å². The number of ether oxygens (including phenoxy) is 4. The Morgan fingerprint density at radius 1 is 1.11 bits per heavy atom. The summed E-state index contributed by atoms with van der Waals surface area (Å²) in [5.41, 5.74) is 2.01. The van der Waals surface area contributed by atoms with Gasteiger partial charge in [0.15, 0.2) is 4.80 Å². The Hall–Kier alpha value is -3.37. The first-order chi connectivity index (χ1) is 17.8. The minimum Gasteiger partial charge on any atom is -0.496 e. The van der Waals surface area contributed by atoms with Gasteiger partial charge in [0.2, 0.25) is 0 Å².